The third-order valence-corrected chi connectivity index (χ3v) is 25.2. The third kappa shape index (κ3) is 14.9. The van der Waals surface area contributed by atoms with E-state index in [1.54, 1.807) is 6.92 Å². The topological polar surface area (TPSA) is 512 Å². The molecule has 7 heterocycles. The van der Waals surface area contributed by atoms with Gasteiger partial charge in [-0.15, -0.1) is 0 Å². The van der Waals surface area contributed by atoms with Crippen LogP contribution in [0, 0.1) is 45.3 Å². The van der Waals surface area contributed by atoms with Gasteiger partial charge in [0, 0.05) is 28.1 Å². The molecule has 4 aliphatic carbocycles. The molecule has 11 rings (SSSR count). The highest BCUT2D eigenvalue weighted by molar-refractivity contribution is 5.84. The fourth-order valence-corrected chi connectivity index (χ4v) is 19.8. The zero-order chi connectivity index (χ0) is 76.6. The maximum Gasteiger partial charge on any atom is 0.314 e. The number of aliphatic hydroxyl groups excluding tert-OH is 15. The van der Waals surface area contributed by atoms with Gasteiger partial charge in [0.1, 0.15) is 146 Å². The van der Waals surface area contributed by atoms with E-state index in [-0.39, 0.29) is 24.2 Å². The van der Waals surface area contributed by atoms with Crippen molar-refractivity contribution in [3.05, 3.63) is 11.6 Å². The van der Waals surface area contributed by atoms with Gasteiger partial charge in [-0.2, -0.15) is 0 Å². The van der Waals surface area contributed by atoms with Crippen LogP contribution in [0.1, 0.15) is 114 Å². The number of hydrogen-bond acceptors (Lipinski definition) is 35. The van der Waals surface area contributed by atoms with E-state index in [1.807, 2.05) is 13.8 Å². The van der Waals surface area contributed by atoms with Gasteiger partial charge in [0.15, 0.2) is 43.3 Å². The molecule has 602 valence electrons. The number of ether oxygens (including phenoxy) is 17. The lowest BCUT2D eigenvalue weighted by Crippen LogP contribution is -2.67. The summed E-state index contributed by atoms with van der Waals surface area (Å²) in [6.45, 7) is 12.4. The Morgan fingerprint density at radius 3 is 1.61 bits per heavy atom. The maximum atomic E-state index is 15.2. The SMILES string of the molecule is COC1C(O)C(CO)OC(OC2C(O)COC(OC3C(CO)OC(OC4C(OC5CCC6(C)C7=CCC89C(=O)OC(C)(C(CCC(C)C)OC(C)=O)C8C(OC(C)=O)CC9(C)C7CCC6C5(C)C)OCC(OC5OC(CO)C(O)C(OC6OC(CO)C(O)C(OC)C6O)C5O)C4O)C(O)C3O)C2O)C1O. The predicted octanol–water partition coefficient (Wildman–Crippen LogP) is -4.31. The average Bonchev–Trinajstić information content (AvgIpc) is 1.50. The van der Waals surface area contributed by atoms with Crippen LogP contribution in [0.15, 0.2) is 11.6 Å². The number of carbonyl (C=O) groups is 3. The minimum atomic E-state index is -2.16. The summed E-state index contributed by atoms with van der Waals surface area (Å²) in [7, 11) is 2.35. The van der Waals surface area contributed by atoms with E-state index < -0.39 is 281 Å². The highest BCUT2D eigenvalue weighted by atomic mass is 16.8. The normalized spacial score (nSPS) is 50.0. The van der Waals surface area contributed by atoms with Crippen molar-refractivity contribution in [2.75, 3.05) is 53.9 Å². The fraction of sp³-hybridized carbons (Fsp3) is 0.929. The van der Waals surface area contributed by atoms with E-state index in [1.165, 1.54) is 28.1 Å². The van der Waals surface area contributed by atoms with Crippen molar-refractivity contribution in [3.63, 3.8) is 0 Å². The average molecular weight is 1510 g/mol. The van der Waals surface area contributed by atoms with Gasteiger partial charge in [-0.3, -0.25) is 14.4 Å². The van der Waals surface area contributed by atoms with Gasteiger partial charge in [-0.05, 0) is 92.3 Å². The van der Waals surface area contributed by atoms with Crippen LogP contribution in [0.5, 0.6) is 0 Å². The van der Waals surface area contributed by atoms with Crippen LogP contribution in [0.2, 0.25) is 0 Å². The second-order valence-electron chi connectivity index (χ2n) is 32.1. The van der Waals surface area contributed by atoms with E-state index in [9.17, 15) is 86.2 Å². The summed E-state index contributed by atoms with van der Waals surface area (Å²) >= 11 is 0. The van der Waals surface area contributed by atoms with Gasteiger partial charge in [0.2, 0.25) is 0 Å². The van der Waals surface area contributed by atoms with Crippen LogP contribution >= 0.6 is 0 Å². The quantitative estimate of drug-likeness (QED) is 0.0188. The summed E-state index contributed by atoms with van der Waals surface area (Å²) in [5.74, 6) is -2.28. The Balaban J connectivity index is 0.854. The van der Waals surface area contributed by atoms with Gasteiger partial charge < -0.3 is 157 Å². The Morgan fingerprint density at radius 1 is 0.533 bits per heavy atom. The van der Waals surface area contributed by atoms with Crippen LogP contribution in [0.3, 0.4) is 0 Å². The Hall–Kier alpha value is -3.01. The van der Waals surface area contributed by atoms with E-state index in [0.29, 0.717) is 44.9 Å². The van der Waals surface area contributed by atoms with Crippen LogP contribution in [-0.2, 0) is 94.9 Å². The van der Waals surface area contributed by atoms with Gasteiger partial charge in [-0.25, -0.2) is 0 Å². The standard InChI is InChI=1S/C70H112O35/c1-27(2)12-15-41(94-29(4)76)69(9)58-33(93-28(3)75)20-68(8)31-13-14-39-66(5,6)40(17-18-67(39,7)30(31)16-19-70(58,68)65(88)105-69)100-64-57(45(81)38(26-92-64)99-61-51(87)56(44(80)36(23-73)95-61)103-63-50(86)55(90-11)43(79)35(22-72)97-63)104-60-47(83)46(82)53(37(24-74)98-60)102-59-48(84)52(32(77)25-91-59)101-62-49(85)54(89-10)42(78)34(21-71)96-62/h16,27,31-64,71-74,77-87H,12-15,17-26H2,1-11H3. The Kier molecular flexibility index (Phi) is 25.8. The van der Waals surface area contributed by atoms with Crippen molar-refractivity contribution < 1.29 is 172 Å². The molecule has 0 amide bonds. The van der Waals surface area contributed by atoms with Crippen molar-refractivity contribution in [1.82, 2.24) is 0 Å². The van der Waals surface area contributed by atoms with E-state index in [4.69, 9.17) is 80.5 Å². The fourth-order valence-electron chi connectivity index (χ4n) is 19.8. The molecule has 35 heteroatoms. The first-order valence-corrected chi connectivity index (χ1v) is 36.6. The molecular weight excluding hydrogens is 1400 g/mol. The minimum absolute atomic E-state index is 0.143. The molecule has 7 aliphatic heterocycles. The molecule has 7 saturated heterocycles. The van der Waals surface area contributed by atoms with Crippen LogP contribution in [0.25, 0.3) is 0 Å². The Morgan fingerprint density at radius 2 is 1.05 bits per heavy atom. The second-order valence-corrected chi connectivity index (χ2v) is 32.1. The van der Waals surface area contributed by atoms with E-state index in [2.05, 4.69) is 33.8 Å². The molecule has 1 spiro atoms. The molecule has 0 aromatic heterocycles. The molecule has 0 aromatic carbocycles. The first-order chi connectivity index (χ1) is 49.5. The van der Waals surface area contributed by atoms with Crippen molar-refractivity contribution in [1.29, 1.82) is 0 Å². The van der Waals surface area contributed by atoms with Crippen LogP contribution < -0.4 is 0 Å². The lowest BCUT2D eigenvalue weighted by Gasteiger charge is -2.63. The number of aliphatic hydroxyl groups is 15. The van der Waals surface area contributed by atoms with Gasteiger partial charge in [0.25, 0.3) is 0 Å². The molecule has 38 unspecified atom stereocenters. The maximum absolute atomic E-state index is 15.2. The number of esters is 3. The summed E-state index contributed by atoms with van der Waals surface area (Å²) in [5.41, 5.74) is -3.50. The molecule has 0 radical (unpaired) electrons. The van der Waals surface area contributed by atoms with Crippen molar-refractivity contribution in [2.24, 2.45) is 45.3 Å². The summed E-state index contributed by atoms with van der Waals surface area (Å²) in [5, 5.41) is 168. The first-order valence-electron chi connectivity index (χ1n) is 36.6. The van der Waals surface area contributed by atoms with Gasteiger partial charge >= 0.3 is 17.9 Å². The molecule has 0 aromatic rings. The number of hydrogen-bond donors (Lipinski definition) is 15. The largest absolute Gasteiger partial charge is 0.462 e. The molecular formula is C70H112O35. The summed E-state index contributed by atoms with van der Waals surface area (Å²) in [6.07, 6.45) is -45.0. The molecule has 105 heavy (non-hydrogen) atoms. The number of methoxy groups -OCH3 is 2. The molecule has 3 saturated carbocycles. The molecule has 0 bridgehead atoms. The second kappa shape index (κ2) is 32.6. The number of allylic oxidation sites excluding steroid dienone is 2. The summed E-state index contributed by atoms with van der Waals surface area (Å²) in [6, 6.07) is 0. The zero-order valence-corrected chi connectivity index (χ0v) is 61.1. The lowest BCUT2D eigenvalue weighted by atomic mass is 9.41. The smallest absolute Gasteiger partial charge is 0.314 e. The molecule has 15 N–H and O–H groups in total. The monoisotopic (exact) mass is 1510 g/mol. The zero-order valence-electron chi connectivity index (χ0n) is 61.1. The number of carbonyl (C=O) groups excluding carboxylic acids is 3. The minimum Gasteiger partial charge on any atom is -0.462 e. The van der Waals surface area contributed by atoms with Crippen molar-refractivity contribution in [2.45, 2.75) is 310 Å². The lowest BCUT2D eigenvalue weighted by molar-refractivity contribution is -0.396. The first kappa shape index (κ1) is 82.9. The highest BCUT2D eigenvalue weighted by Gasteiger charge is 2.81. The van der Waals surface area contributed by atoms with Crippen LogP contribution in [0.4, 0.5) is 0 Å². The van der Waals surface area contributed by atoms with Crippen LogP contribution in [-0.4, -0.2) is 344 Å². The molecule has 38 atom stereocenters. The Bertz CT molecular complexity index is 2980. The Labute approximate surface area is 607 Å². The molecule has 35 nitrogen and oxygen atoms in total. The van der Waals surface area contributed by atoms with Gasteiger partial charge in [0.05, 0.1) is 57.1 Å². The van der Waals surface area contributed by atoms with Crippen molar-refractivity contribution >= 4 is 17.9 Å². The highest BCUT2D eigenvalue weighted by Crippen LogP contribution is 2.77. The summed E-state index contributed by atoms with van der Waals surface area (Å²) in [4.78, 5) is 41.1. The predicted molar refractivity (Wildman–Crippen MR) is 348 cm³/mol. The number of cyclic esters (lactones) is 1. The molecule has 10 fully saturated rings. The third-order valence-electron chi connectivity index (χ3n) is 25.2. The number of fused-ring (bicyclic) bond motifs is 4. The number of rotatable bonds is 24. The van der Waals surface area contributed by atoms with E-state index >= 15 is 4.79 Å². The summed E-state index contributed by atoms with van der Waals surface area (Å²) < 4.78 is 102. The van der Waals surface area contributed by atoms with E-state index in [0.717, 1.165) is 5.57 Å². The molecule has 11 aliphatic rings. The van der Waals surface area contributed by atoms with Crippen molar-refractivity contribution in [3.8, 4) is 0 Å². The van der Waals surface area contributed by atoms with Gasteiger partial charge in [-0.1, -0.05) is 53.2 Å².